The van der Waals surface area contributed by atoms with Crippen molar-refractivity contribution < 1.29 is 9.53 Å². The topological polar surface area (TPSA) is 84.1 Å². The number of benzene rings is 1. The first kappa shape index (κ1) is 22.3. The number of nitrogens with one attached hydrogen (secondary N) is 2. The summed E-state index contributed by atoms with van der Waals surface area (Å²) in [5.41, 5.74) is 0.304. The van der Waals surface area contributed by atoms with Gasteiger partial charge in [0.05, 0.1) is 17.5 Å². The molecule has 2 heterocycles. The van der Waals surface area contributed by atoms with E-state index in [0.29, 0.717) is 23.3 Å². The van der Waals surface area contributed by atoms with Crippen LogP contribution >= 0.6 is 15.9 Å². The number of halogens is 1. The van der Waals surface area contributed by atoms with Crippen molar-refractivity contribution in [1.82, 2.24) is 9.97 Å². The summed E-state index contributed by atoms with van der Waals surface area (Å²) in [5.74, 6) is 0.155. The van der Waals surface area contributed by atoms with Gasteiger partial charge in [-0.1, -0.05) is 50.0 Å². The predicted octanol–water partition coefficient (Wildman–Crippen LogP) is 5.64. The molecular formula is C23H28BrN3O3. The molecule has 0 aliphatic heterocycles. The van der Waals surface area contributed by atoms with Crippen LogP contribution in [0.3, 0.4) is 0 Å². The van der Waals surface area contributed by atoms with Gasteiger partial charge in [-0.15, -0.1) is 0 Å². The molecule has 30 heavy (non-hydrogen) atoms. The average Bonchev–Trinajstić information content (AvgIpc) is 2.67. The molecule has 0 bridgehead atoms. The van der Waals surface area contributed by atoms with Gasteiger partial charge >= 0.3 is 5.97 Å². The molecule has 0 saturated carbocycles. The van der Waals surface area contributed by atoms with Crippen molar-refractivity contribution in [3.63, 3.8) is 0 Å². The second kappa shape index (κ2) is 8.76. The Bertz CT molecular complexity index is 1150. The Hall–Kier alpha value is -2.41. The van der Waals surface area contributed by atoms with Crippen LogP contribution in [0.2, 0.25) is 0 Å². The number of hydrogen-bond acceptors (Lipinski definition) is 5. The van der Waals surface area contributed by atoms with Crippen molar-refractivity contribution in [3.05, 3.63) is 44.8 Å². The van der Waals surface area contributed by atoms with E-state index in [1.165, 1.54) is 6.20 Å². The minimum absolute atomic E-state index is 0.00556. The van der Waals surface area contributed by atoms with Gasteiger partial charge in [0.25, 0.3) is 5.56 Å². The molecule has 0 aliphatic rings. The molecule has 3 rings (SSSR count). The van der Waals surface area contributed by atoms with Crippen molar-refractivity contribution in [2.75, 3.05) is 11.9 Å². The molecule has 2 N–H and O–H groups in total. The summed E-state index contributed by atoms with van der Waals surface area (Å²) < 4.78 is 6.24. The van der Waals surface area contributed by atoms with Crippen LogP contribution < -0.4 is 10.9 Å². The lowest BCUT2D eigenvalue weighted by Crippen LogP contribution is -2.31. The van der Waals surface area contributed by atoms with Crippen LogP contribution in [-0.4, -0.2) is 28.6 Å². The third-order valence-electron chi connectivity index (χ3n) is 5.40. The number of carbonyl (C=O) groups excluding carboxylic acids is 1. The number of H-pyrrole nitrogens is 1. The second-order valence-corrected chi connectivity index (χ2v) is 9.54. The Morgan fingerprint density at radius 1 is 1.30 bits per heavy atom. The van der Waals surface area contributed by atoms with Crippen LogP contribution in [0.4, 0.5) is 5.82 Å². The largest absolute Gasteiger partial charge is 0.462 e. The Labute approximate surface area is 184 Å². The number of hydrogen-bond donors (Lipinski definition) is 2. The van der Waals surface area contributed by atoms with Crippen molar-refractivity contribution in [2.24, 2.45) is 5.41 Å². The van der Waals surface area contributed by atoms with Gasteiger partial charge in [-0.25, -0.2) is 9.78 Å². The fraction of sp³-hybridized carbons (Fsp3) is 0.435. The lowest BCUT2D eigenvalue weighted by molar-refractivity contribution is 0.0501. The molecular weight excluding hydrogens is 446 g/mol. The molecule has 0 spiro atoms. The molecule has 7 heteroatoms. The fourth-order valence-electron chi connectivity index (χ4n) is 3.06. The summed E-state index contributed by atoms with van der Waals surface area (Å²) >= 11 is 3.49. The average molecular weight is 474 g/mol. The number of aromatic nitrogens is 2. The number of unbranched alkanes of at least 4 members (excludes halogenated alkanes) is 1. The second-order valence-electron chi connectivity index (χ2n) is 8.63. The summed E-state index contributed by atoms with van der Waals surface area (Å²) in [6, 6.07) is 5.83. The van der Waals surface area contributed by atoms with Gasteiger partial charge in [0.1, 0.15) is 11.4 Å². The van der Waals surface area contributed by atoms with E-state index in [1.807, 2.05) is 25.1 Å². The number of nitrogens with zero attached hydrogens (tertiary/aromatic N) is 1. The Kier molecular flexibility index (Phi) is 6.50. The Morgan fingerprint density at radius 3 is 2.70 bits per heavy atom. The Morgan fingerprint density at radius 2 is 2.03 bits per heavy atom. The minimum atomic E-state index is -0.485. The van der Waals surface area contributed by atoms with Gasteiger partial charge in [0.2, 0.25) is 0 Å². The van der Waals surface area contributed by atoms with Crippen LogP contribution in [0, 0.1) is 5.41 Å². The first-order chi connectivity index (χ1) is 14.1. The molecule has 6 nitrogen and oxygen atoms in total. The molecule has 1 unspecified atom stereocenters. The van der Waals surface area contributed by atoms with E-state index in [-0.39, 0.29) is 22.6 Å². The SMILES string of the molecule is CCCCOC(=O)c1c[nH]c(=O)c2c1nc(NC(C)C(C)(C)C)c1ccc(Br)cc12. The van der Waals surface area contributed by atoms with Crippen LogP contribution in [0.5, 0.6) is 0 Å². The summed E-state index contributed by atoms with van der Waals surface area (Å²) in [7, 11) is 0. The van der Waals surface area contributed by atoms with E-state index >= 15 is 0 Å². The highest BCUT2D eigenvalue weighted by Gasteiger charge is 2.23. The third kappa shape index (κ3) is 4.51. The molecule has 0 radical (unpaired) electrons. The maximum atomic E-state index is 12.7. The van der Waals surface area contributed by atoms with Gasteiger partial charge < -0.3 is 15.0 Å². The minimum Gasteiger partial charge on any atom is -0.462 e. The van der Waals surface area contributed by atoms with Crippen molar-refractivity contribution in [3.8, 4) is 0 Å². The van der Waals surface area contributed by atoms with Gasteiger partial charge in [-0.3, -0.25) is 4.79 Å². The van der Waals surface area contributed by atoms with Crippen LogP contribution in [-0.2, 0) is 4.74 Å². The summed E-state index contributed by atoms with van der Waals surface area (Å²) in [5, 5.41) is 5.41. The zero-order chi connectivity index (χ0) is 22.1. The van der Waals surface area contributed by atoms with E-state index in [9.17, 15) is 9.59 Å². The van der Waals surface area contributed by atoms with Gasteiger partial charge in [0, 0.05) is 27.5 Å². The molecule has 1 atom stereocenters. The number of fused-ring (bicyclic) bond motifs is 3. The molecule has 0 aliphatic carbocycles. The first-order valence-electron chi connectivity index (χ1n) is 10.2. The van der Waals surface area contributed by atoms with E-state index in [4.69, 9.17) is 9.72 Å². The van der Waals surface area contributed by atoms with E-state index < -0.39 is 5.97 Å². The highest BCUT2D eigenvalue weighted by molar-refractivity contribution is 9.10. The normalized spacial score (nSPS) is 12.9. The maximum absolute atomic E-state index is 12.7. The third-order valence-corrected chi connectivity index (χ3v) is 5.89. The smallest absolute Gasteiger partial charge is 0.341 e. The zero-order valence-corrected chi connectivity index (χ0v) is 19.6. The predicted molar refractivity (Wildman–Crippen MR) is 125 cm³/mol. The lowest BCUT2D eigenvalue weighted by Gasteiger charge is -2.29. The fourth-order valence-corrected chi connectivity index (χ4v) is 3.42. The van der Waals surface area contributed by atoms with Crippen molar-refractivity contribution in [1.29, 1.82) is 0 Å². The number of pyridine rings is 2. The van der Waals surface area contributed by atoms with Crippen LogP contribution in [0.25, 0.3) is 21.7 Å². The van der Waals surface area contributed by atoms with Gasteiger partial charge in [-0.05, 0) is 37.0 Å². The monoisotopic (exact) mass is 473 g/mol. The first-order valence-corrected chi connectivity index (χ1v) is 11.0. The summed E-state index contributed by atoms with van der Waals surface area (Å²) in [4.78, 5) is 32.9. The molecule has 2 aromatic heterocycles. The number of ether oxygens (including phenoxy) is 1. The molecule has 0 saturated heterocycles. The molecule has 160 valence electrons. The van der Waals surface area contributed by atoms with Crippen LogP contribution in [0.1, 0.15) is 57.8 Å². The number of carbonyl (C=O) groups is 1. The molecule has 1 aromatic carbocycles. The standard InChI is InChI=1S/C23H28BrN3O3/c1-6-7-10-30-22(29)17-12-25-21(28)18-16-11-14(24)8-9-15(16)20(27-19(17)18)26-13(2)23(3,4)5/h8-9,11-13H,6-7,10H2,1-5H3,(H,25,28)(H,26,27). The number of rotatable bonds is 6. The van der Waals surface area contributed by atoms with Crippen molar-refractivity contribution >= 4 is 49.4 Å². The Balaban J connectivity index is 2.27. The van der Waals surface area contributed by atoms with Crippen LogP contribution in [0.15, 0.2) is 33.7 Å². The zero-order valence-electron chi connectivity index (χ0n) is 18.1. The molecule has 0 amide bonds. The number of anilines is 1. The van der Waals surface area contributed by atoms with Gasteiger partial charge in [0.15, 0.2) is 0 Å². The maximum Gasteiger partial charge on any atom is 0.341 e. The summed E-state index contributed by atoms with van der Waals surface area (Å²) in [6.45, 7) is 10.9. The highest BCUT2D eigenvalue weighted by Crippen LogP contribution is 2.33. The van der Waals surface area contributed by atoms with Gasteiger partial charge in [-0.2, -0.15) is 0 Å². The van der Waals surface area contributed by atoms with E-state index in [2.05, 4.69) is 53.9 Å². The number of esters is 1. The summed E-state index contributed by atoms with van der Waals surface area (Å²) in [6.07, 6.45) is 3.11. The lowest BCUT2D eigenvalue weighted by atomic mass is 9.88. The molecule has 0 fully saturated rings. The quantitative estimate of drug-likeness (QED) is 0.274. The molecule has 3 aromatic rings. The number of aromatic amines is 1. The van der Waals surface area contributed by atoms with Crippen molar-refractivity contribution in [2.45, 2.75) is 53.5 Å². The van der Waals surface area contributed by atoms with E-state index in [1.54, 1.807) is 0 Å². The van der Waals surface area contributed by atoms with E-state index in [0.717, 1.165) is 28.1 Å². The highest BCUT2D eigenvalue weighted by atomic mass is 79.9.